The van der Waals surface area contributed by atoms with Gasteiger partial charge in [0.15, 0.2) is 0 Å². The number of hydrogen-bond donors (Lipinski definition) is 0. The average Bonchev–Trinajstić information content (AvgIpc) is 1.63. The molecular formula is C7H11NaO2. The largest absolute Gasteiger partial charge is 1.00 e. The zero-order valence-corrected chi connectivity index (χ0v) is 8.76. The van der Waals surface area contributed by atoms with E-state index < -0.39 is 0 Å². The Hall–Kier alpha value is 0.210. The van der Waals surface area contributed by atoms with Crippen LogP contribution in [0.25, 0.3) is 0 Å². The van der Waals surface area contributed by atoms with Gasteiger partial charge in [-0.15, -0.1) is 5.76 Å². The summed E-state index contributed by atoms with van der Waals surface area (Å²) in [5.74, 6) is 0.258. The van der Waals surface area contributed by atoms with Gasteiger partial charge in [0.25, 0.3) is 0 Å². The van der Waals surface area contributed by atoms with E-state index in [2.05, 4.69) is 0 Å². The maximum Gasteiger partial charge on any atom is 1.00 e. The first-order valence-electron chi connectivity index (χ1n) is 2.98. The smallest absolute Gasteiger partial charge is 0.875 e. The maximum atomic E-state index is 10.6. The monoisotopic (exact) mass is 150 g/mol. The van der Waals surface area contributed by atoms with Crippen LogP contribution in [0, 0.1) is 5.92 Å². The van der Waals surface area contributed by atoms with Gasteiger partial charge in [0.1, 0.15) is 6.29 Å². The Bertz CT molecular complexity index is 119. The number of hydrogen-bond acceptors (Lipinski definition) is 2. The molecule has 0 heterocycles. The van der Waals surface area contributed by atoms with Crippen LogP contribution in [-0.2, 0) is 4.79 Å². The fourth-order valence-electron chi connectivity index (χ4n) is 0.546. The second-order valence-corrected chi connectivity index (χ2v) is 2.37. The van der Waals surface area contributed by atoms with Gasteiger partial charge in [0.2, 0.25) is 0 Å². The molecule has 0 unspecified atom stereocenters. The molecule has 52 valence electrons. The molecule has 0 rings (SSSR count). The van der Waals surface area contributed by atoms with Crippen LogP contribution < -0.4 is 34.7 Å². The second kappa shape index (κ2) is 7.32. The molecule has 0 aliphatic carbocycles. The van der Waals surface area contributed by atoms with Crippen LogP contribution in [0.5, 0.6) is 0 Å². The zero-order valence-electron chi connectivity index (χ0n) is 6.76. The standard InChI is InChI=1S/C7H12O2.Na/c1-6(2)5-7(9)3-4-8;/h3-4,6,9H,5H2,1-2H3;/q;+1/p-1. The summed E-state index contributed by atoms with van der Waals surface area (Å²) in [6.45, 7) is 3.88. The van der Waals surface area contributed by atoms with Crippen LogP contribution in [0.3, 0.4) is 0 Å². The molecular weight excluding hydrogens is 139 g/mol. The van der Waals surface area contributed by atoms with Gasteiger partial charge in [-0.2, -0.15) is 0 Å². The van der Waals surface area contributed by atoms with Crippen LogP contribution in [0.2, 0.25) is 0 Å². The maximum absolute atomic E-state index is 10.6. The van der Waals surface area contributed by atoms with Crippen molar-refractivity contribution in [1.29, 1.82) is 0 Å². The molecule has 0 spiro atoms. The van der Waals surface area contributed by atoms with Crippen LogP contribution in [-0.4, -0.2) is 6.29 Å². The van der Waals surface area contributed by atoms with Gasteiger partial charge in [-0.3, -0.25) is 4.79 Å². The van der Waals surface area contributed by atoms with E-state index in [-0.39, 0.29) is 35.3 Å². The van der Waals surface area contributed by atoms with E-state index in [0.29, 0.717) is 18.6 Å². The second-order valence-electron chi connectivity index (χ2n) is 2.37. The van der Waals surface area contributed by atoms with E-state index in [1.807, 2.05) is 13.8 Å². The summed E-state index contributed by atoms with van der Waals surface area (Å²) < 4.78 is 0. The molecule has 10 heavy (non-hydrogen) atoms. The molecule has 0 atom stereocenters. The third kappa shape index (κ3) is 8.21. The van der Waals surface area contributed by atoms with Crippen molar-refractivity contribution in [3.8, 4) is 0 Å². The van der Waals surface area contributed by atoms with Crippen molar-refractivity contribution in [3.63, 3.8) is 0 Å². The van der Waals surface area contributed by atoms with Gasteiger partial charge in [-0.25, -0.2) is 0 Å². The number of carbonyl (C=O) groups excluding carboxylic acids is 1. The summed E-state index contributed by atoms with van der Waals surface area (Å²) in [4.78, 5) is 9.72. The topological polar surface area (TPSA) is 40.1 Å². The van der Waals surface area contributed by atoms with Crippen molar-refractivity contribution < 1.29 is 39.5 Å². The first-order valence-corrected chi connectivity index (χ1v) is 2.98. The molecule has 0 saturated heterocycles. The quantitative estimate of drug-likeness (QED) is 0.193. The summed E-state index contributed by atoms with van der Waals surface area (Å²) in [6.07, 6.45) is 2.07. The van der Waals surface area contributed by atoms with E-state index in [4.69, 9.17) is 0 Å². The van der Waals surface area contributed by atoms with Gasteiger partial charge >= 0.3 is 29.6 Å². The van der Waals surface area contributed by atoms with Gasteiger partial charge in [-0.1, -0.05) is 13.8 Å². The van der Waals surface area contributed by atoms with Crippen molar-refractivity contribution >= 4 is 6.29 Å². The number of aldehydes is 1. The molecule has 0 aromatic rings. The molecule has 0 bridgehead atoms. The Kier molecular flexibility index (Phi) is 9.40. The van der Waals surface area contributed by atoms with Gasteiger partial charge in [0, 0.05) is 0 Å². The van der Waals surface area contributed by atoms with Gasteiger partial charge < -0.3 is 5.11 Å². The SMILES string of the molecule is CC(C)CC([O-])=CC=O.[Na+]. The summed E-state index contributed by atoms with van der Waals surface area (Å²) >= 11 is 0. The van der Waals surface area contributed by atoms with E-state index in [1.165, 1.54) is 0 Å². The van der Waals surface area contributed by atoms with Crippen LogP contribution in [0.15, 0.2) is 11.8 Å². The van der Waals surface area contributed by atoms with Crippen molar-refractivity contribution in [2.75, 3.05) is 0 Å². The van der Waals surface area contributed by atoms with E-state index in [0.717, 1.165) is 6.08 Å². The molecule has 0 aromatic carbocycles. The average molecular weight is 150 g/mol. The van der Waals surface area contributed by atoms with E-state index in [1.54, 1.807) is 0 Å². The van der Waals surface area contributed by atoms with Gasteiger partial charge in [-0.05, 0) is 18.4 Å². The van der Waals surface area contributed by atoms with Crippen LogP contribution in [0.1, 0.15) is 20.3 Å². The normalized spacial score (nSPS) is 10.9. The van der Waals surface area contributed by atoms with Crippen LogP contribution in [0.4, 0.5) is 0 Å². The van der Waals surface area contributed by atoms with Crippen molar-refractivity contribution in [1.82, 2.24) is 0 Å². The molecule has 0 saturated carbocycles. The number of rotatable bonds is 3. The third-order valence-electron chi connectivity index (χ3n) is 0.863. The first kappa shape index (κ1) is 12.8. The Morgan fingerprint density at radius 3 is 2.40 bits per heavy atom. The minimum Gasteiger partial charge on any atom is -0.875 e. The number of carbonyl (C=O) groups is 1. The Labute approximate surface area is 83.6 Å². The summed E-state index contributed by atoms with van der Waals surface area (Å²) in [5, 5.41) is 10.6. The minimum absolute atomic E-state index is 0. The molecule has 0 fully saturated rings. The number of allylic oxidation sites excluding steroid dienone is 2. The predicted molar refractivity (Wildman–Crippen MR) is 33.6 cm³/mol. The van der Waals surface area contributed by atoms with Crippen molar-refractivity contribution in [3.05, 3.63) is 11.8 Å². The van der Waals surface area contributed by atoms with Crippen molar-refractivity contribution in [2.45, 2.75) is 20.3 Å². The molecule has 0 N–H and O–H groups in total. The molecule has 0 aliphatic rings. The molecule has 0 aliphatic heterocycles. The predicted octanol–water partition coefficient (Wildman–Crippen LogP) is -2.52. The fourth-order valence-corrected chi connectivity index (χ4v) is 0.546. The Balaban J connectivity index is 0. The summed E-state index contributed by atoms with van der Waals surface area (Å²) in [7, 11) is 0. The van der Waals surface area contributed by atoms with Crippen molar-refractivity contribution in [2.24, 2.45) is 5.92 Å². The summed E-state index contributed by atoms with van der Waals surface area (Å²) in [5.41, 5.74) is 0. The Morgan fingerprint density at radius 2 is 2.10 bits per heavy atom. The summed E-state index contributed by atoms with van der Waals surface area (Å²) in [6, 6.07) is 0. The fraction of sp³-hybridized carbons (Fsp3) is 0.571. The van der Waals surface area contributed by atoms with E-state index in [9.17, 15) is 9.90 Å². The minimum atomic E-state index is -0.0833. The van der Waals surface area contributed by atoms with E-state index >= 15 is 0 Å². The molecule has 0 aromatic heterocycles. The molecule has 3 heteroatoms. The molecule has 2 nitrogen and oxygen atoms in total. The Morgan fingerprint density at radius 1 is 1.60 bits per heavy atom. The first-order chi connectivity index (χ1) is 4.16. The third-order valence-corrected chi connectivity index (χ3v) is 0.863. The zero-order chi connectivity index (χ0) is 7.28. The molecule has 0 amide bonds. The van der Waals surface area contributed by atoms with Gasteiger partial charge in [0.05, 0.1) is 0 Å². The van der Waals surface area contributed by atoms with Crippen LogP contribution >= 0.6 is 0 Å². The molecule has 0 radical (unpaired) electrons.